The second-order valence-corrected chi connectivity index (χ2v) is 9.02. The van der Waals surface area contributed by atoms with Gasteiger partial charge in [-0.1, -0.05) is 12.1 Å². The standard InChI is InChI=1S/C25H25NO9S/c1-31-22-13-18(14-23(32-2)25(22)33-3)21(27)16-35-24(28)11-8-17-6-9-20(10-7-17)36(29,30)26-15-19-5-4-12-34-19/h4-14,26H,15-16H2,1-3H3/b11-8+. The van der Waals surface area contributed by atoms with Gasteiger partial charge in [0.2, 0.25) is 21.6 Å². The van der Waals surface area contributed by atoms with E-state index < -0.39 is 28.4 Å². The first-order valence-corrected chi connectivity index (χ1v) is 12.1. The summed E-state index contributed by atoms with van der Waals surface area (Å²) in [6.45, 7) is -0.474. The SMILES string of the molecule is COc1cc(C(=O)COC(=O)/C=C/c2ccc(S(=O)(=O)NCc3ccco3)cc2)cc(OC)c1OC. The van der Waals surface area contributed by atoms with Crippen LogP contribution >= 0.6 is 0 Å². The lowest BCUT2D eigenvalue weighted by molar-refractivity contribution is -0.136. The quantitative estimate of drug-likeness (QED) is 0.219. The van der Waals surface area contributed by atoms with Crippen molar-refractivity contribution in [3.05, 3.63) is 77.8 Å². The normalized spacial score (nSPS) is 11.3. The van der Waals surface area contributed by atoms with Crippen molar-refractivity contribution in [3.63, 3.8) is 0 Å². The lowest BCUT2D eigenvalue weighted by Crippen LogP contribution is -2.22. The maximum Gasteiger partial charge on any atom is 0.331 e. The molecule has 1 N–H and O–H groups in total. The Morgan fingerprint density at radius 1 is 0.972 bits per heavy atom. The van der Waals surface area contributed by atoms with E-state index in [1.165, 1.54) is 70.1 Å². The van der Waals surface area contributed by atoms with Crippen LogP contribution in [0.4, 0.5) is 0 Å². The van der Waals surface area contributed by atoms with Crippen molar-refractivity contribution in [2.24, 2.45) is 0 Å². The van der Waals surface area contributed by atoms with Gasteiger partial charge in [0.1, 0.15) is 5.76 Å². The Labute approximate surface area is 208 Å². The number of Topliss-reactive ketones (excluding diaryl/α,β-unsaturated/α-hetero) is 1. The van der Waals surface area contributed by atoms with E-state index >= 15 is 0 Å². The number of benzene rings is 2. The number of ether oxygens (including phenoxy) is 4. The van der Waals surface area contributed by atoms with Gasteiger partial charge in [-0.2, -0.15) is 0 Å². The van der Waals surface area contributed by atoms with Crippen LogP contribution < -0.4 is 18.9 Å². The number of methoxy groups -OCH3 is 3. The molecular formula is C25H25NO9S. The average Bonchev–Trinajstić information content (AvgIpc) is 3.42. The zero-order chi connectivity index (χ0) is 26.1. The Kier molecular flexibility index (Phi) is 8.87. The minimum Gasteiger partial charge on any atom is -0.493 e. The van der Waals surface area contributed by atoms with E-state index in [-0.39, 0.29) is 17.0 Å². The molecule has 0 aliphatic carbocycles. The predicted octanol–water partition coefficient (Wildman–Crippen LogP) is 3.22. The second-order valence-electron chi connectivity index (χ2n) is 7.25. The highest BCUT2D eigenvalue weighted by atomic mass is 32.2. The van der Waals surface area contributed by atoms with Gasteiger partial charge in [-0.25, -0.2) is 17.9 Å². The fourth-order valence-electron chi connectivity index (χ4n) is 3.10. The van der Waals surface area contributed by atoms with Gasteiger partial charge in [0.25, 0.3) is 0 Å². The highest BCUT2D eigenvalue weighted by Gasteiger charge is 2.18. The van der Waals surface area contributed by atoms with Crippen LogP contribution in [0.1, 0.15) is 21.7 Å². The van der Waals surface area contributed by atoms with E-state index in [1.54, 1.807) is 12.1 Å². The molecule has 3 aromatic rings. The van der Waals surface area contributed by atoms with Gasteiger partial charge in [-0.05, 0) is 48.0 Å². The summed E-state index contributed by atoms with van der Waals surface area (Å²) in [7, 11) is 0.567. The molecule has 0 saturated heterocycles. The highest BCUT2D eigenvalue weighted by Crippen LogP contribution is 2.38. The van der Waals surface area contributed by atoms with Crippen molar-refractivity contribution in [3.8, 4) is 17.2 Å². The number of ketones is 1. The summed E-state index contributed by atoms with van der Waals surface area (Å²) in [4.78, 5) is 24.6. The maximum atomic E-state index is 12.5. The smallest absolute Gasteiger partial charge is 0.331 e. The van der Waals surface area contributed by atoms with Crippen LogP contribution in [0.5, 0.6) is 17.2 Å². The zero-order valence-corrected chi connectivity index (χ0v) is 20.7. The minimum absolute atomic E-state index is 0.0254. The molecule has 0 unspecified atom stereocenters. The summed E-state index contributed by atoms with van der Waals surface area (Å²) < 4.78 is 53.0. The van der Waals surface area contributed by atoms with E-state index in [0.29, 0.717) is 28.6 Å². The first-order chi connectivity index (χ1) is 17.3. The van der Waals surface area contributed by atoms with Crippen LogP contribution in [0.3, 0.4) is 0 Å². The molecule has 190 valence electrons. The number of hydrogen-bond acceptors (Lipinski definition) is 9. The number of carbonyl (C=O) groups excluding carboxylic acids is 2. The Hall–Kier alpha value is -4.09. The first-order valence-electron chi connectivity index (χ1n) is 10.6. The van der Waals surface area contributed by atoms with Crippen molar-refractivity contribution in [2.45, 2.75) is 11.4 Å². The summed E-state index contributed by atoms with van der Waals surface area (Å²) in [6.07, 6.45) is 4.04. The molecule has 2 aromatic carbocycles. The third-order valence-electron chi connectivity index (χ3n) is 4.95. The van der Waals surface area contributed by atoms with E-state index in [0.717, 1.165) is 6.08 Å². The van der Waals surface area contributed by atoms with E-state index in [1.807, 2.05) is 0 Å². The van der Waals surface area contributed by atoms with Crippen LogP contribution in [0.2, 0.25) is 0 Å². The Morgan fingerprint density at radius 3 is 2.19 bits per heavy atom. The van der Waals surface area contributed by atoms with E-state index in [2.05, 4.69) is 4.72 Å². The lowest BCUT2D eigenvalue weighted by Gasteiger charge is -2.13. The third kappa shape index (κ3) is 6.74. The van der Waals surface area contributed by atoms with Crippen molar-refractivity contribution < 1.29 is 41.4 Å². The molecule has 10 nitrogen and oxygen atoms in total. The van der Waals surface area contributed by atoms with Crippen molar-refractivity contribution in [2.75, 3.05) is 27.9 Å². The molecule has 0 radical (unpaired) electrons. The number of rotatable bonds is 12. The van der Waals surface area contributed by atoms with Gasteiger partial charge in [-0.15, -0.1) is 0 Å². The average molecular weight is 516 g/mol. The number of hydrogen-bond donors (Lipinski definition) is 1. The topological polar surface area (TPSA) is 130 Å². The molecule has 0 bridgehead atoms. The first kappa shape index (κ1) is 26.5. The van der Waals surface area contributed by atoms with Gasteiger partial charge in [0, 0.05) is 11.6 Å². The molecular weight excluding hydrogens is 490 g/mol. The Bertz CT molecular complexity index is 1300. The number of nitrogens with one attached hydrogen (secondary N) is 1. The zero-order valence-electron chi connectivity index (χ0n) is 19.8. The number of furan rings is 1. The second kappa shape index (κ2) is 12.0. The van der Waals surface area contributed by atoms with Gasteiger partial charge < -0.3 is 23.4 Å². The molecule has 0 aliphatic heterocycles. The largest absolute Gasteiger partial charge is 0.493 e. The summed E-state index contributed by atoms with van der Waals surface area (Å²) in [6, 6.07) is 12.1. The fourth-order valence-corrected chi connectivity index (χ4v) is 4.09. The molecule has 0 fully saturated rings. The summed E-state index contributed by atoms with van der Waals surface area (Å²) in [5.41, 5.74) is 0.784. The molecule has 1 aromatic heterocycles. The monoisotopic (exact) mass is 515 g/mol. The van der Waals surface area contributed by atoms with Gasteiger partial charge in [0.05, 0.1) is 39.0 Å². The molecule has 11 heteroatoms. The van der Waals surface area contributed by atoms with Crippen LogP contribution in [0.25, 0.3) is 6.08 Å². The summed E-state index contributed by atoms with van der Waals surface area (Å²) in [5.74, 6) is 0.213. The maximum absolute atomic E-state index is 12.5. The molecule has 36 heavy (non-hydrogen) atoms. The molecule has 3 rings (SSSR count). The minimum atomic E-state index is -3.73. The lowest BCUT2D eigenvalue weighted by atomic mass is 10.1. The summed E-state index contributed by atoms with van der Waals surface area (Å²) in [5, 5.41) is 0. The fraction of sp³-hybridized carbons (Fsp3) is 0.200. The van der Waals surface area contributed by atoms with E-state index in [9.17, 15) is 18.0 Å². The Balaban J connectivity index is 1.56. The van der Waals surface area contributed by atoms with Crippen molar-refractivity contribution in [1.29, 1.82) is 0 Å². The van der Waals surface area contributed by atoms with Gasteiger partial charge >= 0.3 is 5.97 Å². The number of esters is 1. The van der Waals surface area contributed by atoms with Crippen molar-refractivity contribution in [1.82, 2.24) is 4.72 Å². The molecule has 0 aliphatic rings. The molecule has 0 spiro atoms. The van der Waals surface area contributed by atoms with Gasteiger partial charge in [0.15, 0.2) is 18.1 Å². The van der Waals surface area contributed by atoms with Crippen LogP contribution in [0, 0.1) is 0 Å². The third-order valence-corrected chi connectivity index (χ3v) is 6.37. The highest BCUT2D eigenvalue weighted by molar-refractivity contribution is 7.89. The van der Waals surface area contributed by atoms with E-state index in [4.69, 9.17) is 23.4 Å². The van der Waals surface area contributed by atoms with Gasteiger partial charge in [-0.3, -0.25) is 4.79 Å². The molecule has 0 saturated carbocycles. The molecule has 0 atom stereocenters. The van der Waals surface area contributed by atoms with Crippen LogP contribution in [-0.2, 0) is 26.1 Å². The molecule has 0 amide bonds. The Morgan fingerprint density at radius 2 is 1.64 bits per heavy atom. The van der Waals surface area contributed by atoms with Crippen LogP contribution in [-0.4, -0.2) is 48.1 Å². The number of carbonyl (C=O) groups is 2. The van der Waals surface area contributed by atoms with Crippen molar-refractivity contribution >= 4 is 27.9 Å². The number of sulfonamides is 1. The van der Waals surface area contributed by atoms with Crippen LogP contribution in [0.15, 0.2) is 70.2 Å². The molecule has 1 heterocycles. The predicted molar refractivity (Wildman–Crippen MR) is 130 cm³/mol. The summed E-state index contributed by atoms with van der Waals surface area (Å²) >= 11 is 0.